The van der Waals surface area contributed by atoms with E-state index < -0.39 is 29.9 Å². The second kappa shape index (κ2) is 13.0. The first-order chi connectivity index (χ1) is 19.9. The summed E-state index contributed by atoms with van der Waals surface area (Å²) in [6.45, 7) is 0.0897. The Bertz CT molecular complexity index is 1590. The third-order valence-corrected chi connectivity index (χ3v) is 6.13. The molecule has 14 heteroatoms. The summed E-state index contributed by atoms with van der Waals surface area (Å²) in [5, 5.41) is 19.1. The van der Waals surface area contributed by atoms with Gasteiger partial charge in [0, 0.05) is 33.4 Å². The van der Waals surface area contributed by atoms with Crippen LogP contribution in [0.15, 0.2) is 72.8 Å². The molecule has 3 N–H and O–H groups in total. The monoisotopic (exact) mass is 620 g/mol. The number of hydrogen-bond acceptors (Lipinski definition) is 5. The summed E-state index contributed by atoms with van der Waals surface area (Å²) in [6.07, 6.45) is -5.06. The predicted octanol–water partition coefficient (Wildman–Crippen LogP) is 6.26. The van der Waals surface area contributed by atoms with Crippen molar-refractivity contribution in [2.75, 3.05) is 11.9 Å². The van der Waals surface area contributed by atoms with E-state index in [2.05, 4.69) is 20.5 Å². The summed E-state index contributed by atoms with van der Waals surface area (Å²) in [7, 11) is 0. The maximum Gasteiger partial charge on any atom is 0.573 e. The fourth-order valence-electron chi connectivity index (χ4n) is 3.82. The van der Waals surface area contributed by atoms with E-state index >= 15 is 0 Å². The first-order valence-electron chi connectivity index (χ1n) is 12.2. The van der Waals surface area contributed by atoms with Gasteiger partial charge >= 0.3 is 12.3 Å². The van der Waals surface area contributed by atoms with Gasteiger partial charge in [0.25, 0.3) is 11.8 Å². The molecule has 0 unspecified atom stereocenters. The molecule has 0 fully saturated rings. The molecule has 4 aromatic rings. The summed E-state index contributed by atoms with van der Waals surface area (Å²) in [4.78, 5) is 36.2. The number of hydrogen-bond donors (Lipinski definition) is 3. The first kappa shape index (κ1) is 30.4. The highest BCUT2D eigenvalue weighted by atomic mass is 35.5. The van der Waals surface area contributed by atoms with E-state index in [1.807, 2.05) is 0 Å². The molecule has 0 radical (unpaired) electrons. The highest BCUT2D eigenvalue weighted by Crippen LogP contribution is 2.28. The topological polar surface area (TPSA) is 123 Å². The van der Waals surface area contributed by atoms with Crippen LogP contribution in [-0.4, -0.2) is 45.6 Å². The van der Waals surface area contributed by atoms with E-state index in [4.69, 9.17) is 28.3 Å². The molecule has 42 heavy (non-hydrogen) atoms. The lowest BCUT2D eigenvalue weighted by atomic mass is 10.1. The minimum Gasteiger partial charge on any atom is -0.481 e. The van der Waals surface area contributed by atoms with E-state index in [9.17, 15) is 27.6 Å². The number of aromatic nitrogens is 2. The molecule has 1 aromatic heterocycles. The zero-order chi connectivity index (χ0) is 30.4. The van der Waals surface area contributed by atoms with Crippen LogP contribution in [0.4, 0.5) is 18.9 Å². The summed E-state index contributed by atoms with van der Waals surface area (Å²) in [6, 6.07) is 17.4. The largest absolute Gasteiger partial charge is 0.573 e. The Morgan fingerprint density at radius 1 is 0.905 bits per heavy atom. The molecule has 0 aliphatic heterocycles. The van der Waals surface area contributed by atoms with E-state index in [1.54, 1.807) is 42.5 Å². The van der Waals surface area contributed by atoms with E-state index in [-0.39, 0.29) is 30.9 Å². The zero-order valence-corrected chi connectivity index (χ0v) is 22.9. The highest BCUT2D eigenvalue weighted by molar-refractivity contribution is 6.35. The van der Waals surface area contributed by atoms with Gasteiger partial charge in [0.1, 0.15) is 11.4 Å². The van der Waals surface area contributed by atoms with E-state index in [0.717, 1.165) is 12.1 Å². The molecular formula is C28H21Cl2F3N4O5. The molecule has 0 spiro atoms. The second-order valence-corrected chi connectivity index (χ2v) is 9.73. The van der Waals surface area contributed by atoms with Crippen molar-refractivity contribution in [1.82, 2.24) is 15.1 Å². The minimum atomic E-state index is -4.85. The smallest absolute Gasteiger partial charge is 0.481 e. The van der Waals surface area contributed by atoms with E-state index in [1.165, 1.54) is 22.9 Å². The third-order valence-electron chi connectivity index (χ3n) is 5.69. The molecule has 0 saturated heterocycles. The van der Waals surface area contributed by atoms with Crippen LogP contribution in [0.1, 0.15) is 32.8 Å². The number of rotatable bonds is 10. The normalized spacial score (nSPS) is 11.2. The van der Waals surface area contributed by atoms with Gasteiger partial charge in [0.2, 0.25) is 0 Å². The molecular weight excluding hydrogens is 600 g/mol. The number of aliphatic carboxylic acids is 1. The average Bonchev–Trinajstić information content (AvgIpc) is 3.32. The molecule has 0 bridgehead atoms. The van der Waals surface area contributed by atoms with Crippen molar-refractivity contribution in [2.45, 2.75) is 19.3 Å². The van der Waals surface area contributed by atoms with Crippen molar-refractivity contribution in [2.24, 2.45) is 0 Å². The van der Waals surface area contributed by atoms with Crippen LogP contribution in [0.2, 0.25) is 10.0 Å². The number of ether oxygens (including phenoxy) is 1. The van der Waals surface area contributed by atoms with Crippen LogP contribution in [0.3, 0.4) is 0 Å². The quantitative estimate of drug-likeness (QED) is 0.192. The Labute approximate surface area is 246 Å². The number of halogens is 5. The van der Waals surface area contributed by atoms with Gasteiger partial charge in [0.05, 0.1) is 18.7 Å². The second-order valence-electron chi connectivity index (χ2n) is 8.85. The van der Waals surface area contributed by atoms with Crippen LogP contribution in [0.25, 0.3) is 11.3 Å². The van der Waals surface area contributed by atoms with Gasteiger partial charge in [-0.3, -0.25) is 19.1 Å². The molecule has 3 aromatic carbocycles. The van der Waals surface area contributed by atoms with E-state index in [0.29, 0.717) is 32.4 Å². The molecule has 0 atom stereocenters. The molecule has 218 valence electrons. The van der Waals surface area contributed by atoms with Crippen molar-refractivity contribution >= 4 is 46.7 Å². The fraction of sp³-hybridized carbons (Fsp3) is 0.143. The van der Waals surface area contributed by atoms with Crippen molar-refractivity contribution in [3.8, 4) is 17.0 Å². The molecule has 2 amide bonds. The number of carbonyl (C=O) groups excluding carboxylic acids is 2. The van der Waals surface area contributed by atoms with Crippen LogP contribution in [0.5, 0.6) is 5.75 Å². The number of benzene rings is 3. The third kappa shape index (κ3) is 8.48. The minimum absolute atomic E-state index is 0.0178. The summed E-state index contributed by atoms with van der Waals surface area (Å²) >= 11 is 12.3. The Hall–Kier alpha value is -4.55. The number of anilines is 1. The van der Waals surface area contributed by atoms with Crippen LogP contribution >= 0.6 is 23.2 Å². The summed E-state index contributed by atoms with van der Waals surface area (Å²) in [5.74, 6) is -2.50. The Kier molecular flexibility index (Phi) is 9.38. The maximum atomic E-state index is 13.3. The van der Waals surface area contributed by atoms with Crippen molar-refractivity contribution in [3.63, 3.8) is 0 Å². The Morgan fingerprint density at radius 3 is 2.14 bits per heavy atom. The number of carboxylic acids is 1. The lowest BCUT2D eigenvalue weighted by molar-refractivity contribution is -0.274. The van der Waals surface area contributed by atoms with Crippen molar-refractivity contribution < 1.29 is 37.4 Å². The number of nitrogens with zero attached hydrogens (tertiary/aromatic N) is 2. The standard InChI is InChI=1S/C28H21Cl2F3N4O5/c29-19-11-18(12-20(30)13-19)23-14-24(27(41)35-21-5-7-22(8-6-21)42-28(31,32)33)37(36-23)15-16-1-3-17(4-2-16)26(40)34-10-9-25(38)39/h1-8,11-14H,9-10,15H2,(H,34,40)(H,35,41)(H,38,39). The van der Waals surface area contributed by atoms with Gasteiger partial charge in [-0.25, -0.2) is 0 Å². The van der Waals surface area contributed by atoms with Crippen LogP contribution < -0.4 is 15.4 Å². The first-order valence-corrected chi connectivity index (χ1v) is 12.9. The summed E-state index contributed by atoms with van der Waals surface area (Å²) < 4.78 is 42.7. The van der Waals surface area contributed by atoms with Crippen molar-refractivity contribution in [3.05, 3.63) is 99.7 Å². The average molecular weight is 621 g/mol. The van der Waals surface area contributed by atoms with Crippen LogP contribution in [-0.2, 0) is 11.3 Å². The van der Waals surface area contributed by atoms with Crippen molar-refractivity contribution in [1.29, 1.82) is 0 Å². The number of carbonyl (C=O) groups is 3. The maximum absolute atomic E-state index is 13.3. The predicted molar refractivity (Wildman–Crippen MR) is 149 cm³/mol. The zero-order valence-electron chi connectivity index (χ0n) is 21.4. The lowest BCUT2D eigenvalue weighted by Crippen LogP contribution is -2.26. The van der Waals surface area contributed by atoms with Gasteiger partial charge in [-0.15, -0.1) is 13.2 Å². The molecule has 0 aliphatic carbocycles. The Morgan fingerprint density at radius 2 is 1.55 bits per heavy atom. The SMILES string of the molecule is O=C(O)CCNC(=O)c1ccc(Cn2nc(-c3cc(Cl)cc(Cl)c3)cc2C(=O)Nc2ccc(OC(F)(F)F)cc2)cc1. The lowest BCUT2D eigenvalue weighted by Gasteiger charge is -2.11. The molecule has 1 heterocycles. The Balaban J connectivity index is 1.57. The molecule has 9 nitrogen and oxygen atoms in total. The molecule has 4 rings (SSSR count). The van der Waals surface area contributed by atoms with Gasteiger partial charge in [-0.1, -0.05) is 35.3 Å². The fourth-order valence-corrected chi connectivity index (χ4v) is 4.34. The summed E-state index contributed by atoms with van der Waals surface area (Å²) in [5.41, 5.74) is 2.25. The number of carboxylic acid groups (broad SMARTS) is 1. The number of alkyl halides is 3. The highest BCUT2D eigenvalue weighted by Gasteiger charge is 2.31. The molecule has 0 saturated carbocycles. The van der Waals surface area contributed by atoms with Crippen LogP contribution in [0, 0.1) is 0 Å². The van der Waals surface area contributed by atoms with Gasteiger partial charge in [-0.05, 0) is 66.2 Å². The number of amides is 2. The van der Waals surface area contributed by atoms with Gasteiger partial charge in [-0.2, -0.15) is 5.10 Å². The molecule has 0 aliphatic rings. The van der Waals surface area contributed by atoms with Gasteiger partial charge in [0.15, 0.2) is 0 Å². The number of nitrogens with one attached hydrogen (secondary N) is 2. The van der Waals surface area contributed by atoms with Gasteiger partial charge < -0.3 is 20.5 Å².